The molecule has 4 heteroatoms. The first-order chi connectivity index (χ1) is 8.78. The maximum absolute atomic E-state index is 12.2. The van der Waals surface area contributed by atoms with Crippen molar-refractivity contribution >= 4 is 16.8 Å². The second-order valence-electron chi connectivity index (χ2n) is 4.87. The number of H-pyrrole nitrogens is 1. The molecule has 1 amide bonds. The predicted molar refractivity (Wildman–Crippen MR) is 71.3 cm³/mol. The summed E-state index contributed by atoms with van der Waals surface area (Å²) in [6, 6.07) is 8.11. The van der Waals surface area contributed by atoms with Gasteiger partial charge in [0.25, 0.3) is 0 Å². The van der Waals surface area contributed by atoms with Crippen LogP contribution in [0.1, 0.15) is 18.4 Å². The third-order valence-electron chi connectivity index (χ3n) is 3.72. The van der Waals surface area contributed by atoms with Gasteiger partial charge in [0.1, 0.15) is 0 Å². The van der Waals surface area contributed by atoms with Crippen molar-refractivity contribution in [2.24, 2.45) is 5.73 Å². The lowest BCUT2D eigenvalue weighted by atomic mass is 9.94. The summed E-state index contributed by atoms with van der Waals surface area (Å²) in [5.74, 6) is 0.109. The largest absolute Gasteiger partial charge is 0.361 e. The molecule has 1 heterocycles. The van der Waals surface area contributed by atoms with Gasteiger partial charge in [0, 0.05) is 30.2 Å². The Balaban J connectivity index is 1.96. The van der Waals surface area contributed by atoms with Crippen LogP contribution in [0.2, 0.25) is 0 Å². The van der Waals surface area contributed by atoms with E-state index in [4.69, 9.17) is 5.73 Å². The molecule has 94 valence electrons. The van der Waals surface area contributed by atoms with E-state index in [-0.39, 0.29) is 11.3 Å². The number of hydrogen-bond donors (Lipinski definition) is 3. The van der Waals surface area contributed by atoms with Crippen LogP contribution < -0.4 is 11.1 Å². The number of para-hydroxylation sites is 1. The van der Waals surface area contributed by atoms with E-state index in [1.165, 1.54) is 0 Å². The molecule has 1 aromatic carbocycles. The van der Waals surface area contributed by atoms with Crippen LogP contribution in [0.4, 0.5) is 0 Å². The average Bonchev–Trinajstić information content (AvgIpc) is 3.10. The number of hydrogen-bond acceptors (Lipinski definition) is 2. The molecule has 0 atom stereocenters. The molecule has 0 radical (unpaired) electrons. The quantitative estimate of drug-likeness (QED) is 0.757. The monoisotopic (exact) mass is 243 g/mol. The summed E-state index contributed by atoms with van der Waals surface area (Å²) >= 11 is 0. The summed E-state index contributed by atoms with van der Waals surface area (Å²) < 4.78 is 0. The van der Waals surface area contributed by atoms with Gasteiger partial charge in [-0.1, -0.05) is 18.2 Å². The highest BCUT2D eigenvalue weighted by atomic mass is 16.2. The highest BCUT2D eigenvalue weighted by molar-refractivity contribution is 5.97. The Labute approximate surface area is 106 Å². The molecule has 1 saturated carbocycles. The number of fused-ring (bicyclic) bond motifs is 1. The van der Waals surface area contributed by atoms with E-state index in [1.807, 2.05) is 24.4 Å². The Morgan fingerprint density at radius 3 is 2.89 bits per heavy atom. The van der Waals surface area contributed by atoms with Gasteiger partial charge >= 0.3 is 0 Å². The number of benzene rings is 1. The molecule has 1 fully saturated rings. The molecule has 0 bridgehead atoms. The summed E-state index contributed by atoms with van der Waals surface area (Å²) in [6.07, 6.45) is 3.82. The third-order valence-corrected chi connectivity index (χ3v) is 3.72. The van der Waals surface area contributed by atoms with Crippen molar-refractivity contribution in [1.29, 1.82) is 0 Å². The summed E-state index contributed by atoms with van der Waals surface area (Å²) in [4.78, 5) is 15.5. The fourth-order valence-electron chi connectivity index (χ4n) is 2.57. The number of rotatable bonds is 4. The van der Waals surface area contributed by atoms with Gasteiger partial charge in [-0.15, -0.1) is 0 Å². The first kappa shape index (κ1) is 11.3. The minimum Gasteiger partial charge on any atom is -0.361 e. The molecule has 2 aromatic rings. The van der Waals surface area contributed by atoms with Crippen LogP contribution in [0.3, 0.4) is 0 Å². The van der Waals surface area contributed by atoms with Crippen molar-refractivity contribution < 1.29 is 4.79 Å². The van der Waals surface area contributed by atoms with Crippen molar-refractivity contribution in [2.45, 2.75) is 18.3 Å². The third kappa shape index (κ3) is 1.61. The van der Waals surface area contributed by atoms with Crippen LogP contribution in [0, 0.1) is 0 Å². The van der Waals surface area contributed by atoms with E-state index in [0.717, 1.165) is 29.3 Å². The van der Waals surface area contributed by atoms with Gasteiger partial charge in [-0.2, -0.15) is 0 Å². The number of amides is 1. The molecule has 0 saturated heterocycles. The van der Waals surface area contributed by atoms with Gasteiger partial charge < -0.3 is 16.0 Å². The van der Waals surface area contributed by atoms with Crippen LogP contribution in [0.5, 0.6) is 0 Å². The van der Waals surface area contributed by atoms with E-state index in [1.54, 1.807) is 0 Å². The molecule has 4 nitrogen and oxygen atoms in total. The highest BCUT2D eigenvalue weighted by Crippen LogP contribution is 2.50. The Bertz CT molecular complexity index is 583. The van der Waals surface area contributed by atoms with Crippen LogP contribution in [0.25, 0.3) is 10.9 Å². The van der Waals surface area contributed by atoms with E-state index < -0.39 is 0 Å². The second kappa shape index (κ2) is 4.14. The van der Waals surface area contributed by atoms with Gasteiger partial charge in [-0.05, 0) is 24.5 Å². The summed E-state index contributed by atoms with van der Waals surface area (Å²) in [6.45, 7) is 1.03. The molecule has 0 unspecified atom stereocenters. The molecule has 1 aliphatic rings. The number of aromatic amines is 1. The highest BCUT2D eigenvalue weighted by Gasteiger charge is 2.52. The van der Waals surface area contributed by atoms with E-state index in [0.29, 0.717) is 13.1 Å². The summed E-state index contributed by atoms with van der Waals surface area (Å²) in [5.41, 5.74) is 7.31. The van der Waals surface area contributed by atoms with Gasteiger partial charge in [0.05, 0.1) is 5.41 Å². The molecule has 0 spiro atoms. The Morgan fingerprint density at radius 2 is 2.17 bits per heavy atom. The first-order valence-electron chi connectivity index (χ1n) is 6.33. The molecular formula is C14H17N3O. The first-order valence-corrected chi connectivity index (χ1v) is 6.33. The van der Waals surface area contributed by atoms with Crippen molar-refractivity contribution in [3.8, 4) is 0 Å². The van der Waals surface area contributed by atoms with Crippen molar-refractivity contribution in [1.82, 2.24) is 10.3 Å². The number of carbonyl (C=O) groups is 1. The molecule has 1 aromatic heterocycles. The zero-order valence-corrected chi connectivity index (χ0v) is 10.2. The molecule has 4 N–H and O–H groups in total. The average molecular weight is 243 g/mol. The SMILES string of the molecule is NCCNC(=O)C1(c2c[nH]c3ccccc23)CC1. The number of carbonyl (C=O) groups excluding carboxylic acids is 1. The second-order valence-corrected chi connectivity index (χ2v) is 4.87. The van der Waals surface area contributed by atoms with Crippen LogP contribution in [-0.4, -0.2) is 24.0 Å². The van der Waals surface area contributed by atoms with Crippen LogP contribution in [0.15, 0.2) is 30.5 Å². The zero-order chi connectivity index (χ0) is 12.6. The molecule has 3 rings (SSSR count). The lowest BCUT2D eigenvalue weighted by Crippen LogP contribution is -2.37. The van der Waals surface area contributed by atoms with Gasteiger partial charge in [0.15, 0.2) is 0 Å². The molecule has 0 aliphatic heterocycles. The van der Waals surface area contributed by atoms with Crippen molar-refractivity contribution in [2.75, 3.05) is 13.1 Å². The van der Waals surface area contributed by atoms with Crippen molar-refractivity contribution in [3.63, 3.8) is 0 Å². The molecular weight excluding hydrogens is 226 g/mol. The van der Waals surface area contributed by atoms with Gasteiger partial charge in [-0.3, -0.25) is 4.79 Å². The lowest BCUT2D eigenvalue weighted by molar-refractivity contribution is -0.123. The summed E-state index contributed by atoms with van der Waals surface area (Å²) in [7, 11) is 0. The maximum Gasteiger partial charge on any atom is 0.230 e. The normalized spacial score (nSPS) is 16.7. The van der Waals surface area contributed by atoms with E-state index >= 15 is 0 Å². The van der Waals surface area contributed by atoms with E-state index in [2.05, 4.69) is 16.4 Å². The minimum atomic E-state index is -0.325. The van der Waals surface area contributed by atoms with Gasteiger partial charge in [0.2, 0.25) is 5.91 Å². The number of nitrogens with two attached hydrogens (primary N) is 1. The zero-order valence-electron chi connectivity index (χ0n) is 10.2. The smallest absolute Gasteiger partial charge is 0.230 e. The van der Waals surface area contributed by atoms with Crippen molar-refractivity contribution in [3.05, 3.63) is 36.0 Å². The fraction of sp³-hybridized carbons (Fsp3) is 0.357. The van der Waals surface area contributed by atoms with Gasteiger partial charge in [-0.25, -0.2) is 0 Å². The topological polar surface area (TPSA) is 70.9 Å². The maximum atomic E-state index is 12.2. The van der Waals surface area contributed by atoms with Crippen LogP contribution >= 0.6 is 0 Å². The fourth-order valence-corrected chi connectivity index (χ4v) is 2.57. The molecule has 1 aliphatic carbocycles. The Morgan fingerprint density at radius 1 is 1.39 bits per heavy atom. The predicted octanol–water partition coefficient (Wildman–Crippen LogP) is 1.27. The Hall–Kier alpha value is -1.81. The number of aromatic nitrogens is 1. The standard InChI is InChI=1S/C14H17N3O/c15-7-8-16-13(18)14(5-6-14)11-9-17-12-4-2-1-3-10(11)12/h1-4,9,17H,5-8,15H2,(H,16,18). The summed E-state index contributed by atoms with van der Waals surface area (Å²) in [5, 5.41) is 4.06. The number of nitrogens with one attached hydrogen (secondary N) is 2. The minimum absolute atomic E-state index is 0.109. The Kier molecular flexibility index (Phi) is 2.59. The molecule has 18 heavy (non-hydrogen) atoms. The van der Waals surface area contributed by atoms with Crippen LogP contribution in [-0.2, 0) is 10.2 Å². The lowest BCUT2D eigenvalue weighted by Gasteiger charge is -2.14. The van der Waals surface area contributed by atoms with E-state index in [9.17, 15) is 4.79 Å².